The van der Waals surface area contributed by atoms with Crippen molar-refractivity contribution in [2.24, 2.45) is 0 Å². The maximum atomic E-state index is 13.4. The van der Waals surface area contributed by atoms with Crippen molar-refractivity contribution in [1.29, 1.82) is 0 Å². The maximum Gasteiger partial charge on any atom is 0.354 e. The van der Waals surface area contributed by atoms with Crippen LogP contribution in [0, 0.1) is 15.9 Å². The third-order valence-electron chi connectivity index (χ3n) is 2.20. The molecule has 0 aliphatic heterocycles. The number of aromatic carboxylic acids is 1. The Bertz CT molecular complexity index is 641. The molecule has 6 nitrogen and oxygen atoms in total. The van der Waals surface area contributed by atoms with Crippen LogP contribution in [0.4, 0.5) is 10.1 Å². The summed E-state index contributed by atoms with van der Waals surface area (Å²) in [6.07, 6.45) is 0. The summed E-state index contributed by atoms with van der Waals surface area (Å²) >= 11 is 0. The lowest BCUT2D eigenvalue weighted by Crippen LogP contribution is -2.01. The van der Waals surface area contributed by atoms with E-state index in [1.54, 1.807) is 0 Å². The summed E-state index contributed by atoms with van der Waals surface area (Å²) in [4.78, 5) is 24.2. The molecule has 0 spiro atoms. The van der Waals surface area contributed by atoms with Crippen molar-refractivity contribution in [3.8, 4) is 0 Å². The van der Waals surface area contributed by atoms with Crippen molar-refractivity contribution in [3.63, 3.8) is 0 Å². The quantitative estimate of drug-likeness (QED) is 0.635. The Morgan fingerprint density at radius 2 is 2.06 bits per heavy atom. The molecule has 0 saturated carbocycles. The number of carboxylic acids is 1. The first-order chi connectivity index (χ1) is 8.00. The number of halogens is 1. The summed E-state index contributed by atoms with van der Waals surface area (Å²) < 4.78 is 13.4. The van der Waals surface area contributed by atoms with Gasteiger partial charge in [-0.3, -0.25) is 10.1 Å². The number of non-ortho nitro benzene ring substituents is 1. The number of pyridine rings is 1. The van der Waals surface area contributed by atoms with Crippen LogP contribution >= 0.6 is 0 Å². The Hall–Kier alpha value is -2.57. The van der Waals surface area contributed by atoms with Gasteiger partial charge in [-0.05, 0) is 18.2 Å². The van der Waals surface area contributed by atoms with Gasteiger partial charge in [0.1, 0.15) is 17.0 Å². The number of fused-ring (bicyclic) bond motifs is 1. The molecule has 0 bridgehead atoms. The summed E-state index contributed by atoms with van der Waals surface area (Å²) in [6.45, 7) is 0. The zero-order chi connectivity index (χ0) is 12.6. The zero-order valence-corrected chi connectivity index (χ0v) is 8.25. The normalized spacial score (nSPS) is 10.4. The average Bonchev–Trinajstić information content (AvgIpc) is 2.28. The van der Waals surface area contributed by atoms with E-state index in [9.17, 15) is 19.3 Å². The van der Waals surface area contributed by atoms with Crippen molar-refractivity contribution in [3.05, 3.63) is 45.9 Å². The first-order valence-corrected chi connectivity index (χ1v) is 4.47. The lowest BCUT2D eigenvalue weighted by molar-refractivity contribution is -0.383. The molecule has 17 heavy (non-hydrogen) atoms. The lowest BCUT2D eigenvalue weighted by atomic mass is 10.1. The van der Waals surface area contributed by atoms with Gasteiger partial charge in [0.05, 0.1) is 10.3 Å². The molecule has 2 aromatic rings. The number of aromatic nitrogens is 1. The van der Waals surface area contributed by atoms with Crippen molar-refractivity contribution in [2.75, 3.05) is 0 Å². The summed E-state index contributed by atoms with van der Waals surface area (Å²) in [6, 6.07) is 4.17. The van der Waals surface area contributed by atoms with E-state index in [0.717, 1.165) is 18.2 Å². The largest absolute Gasteiger partial charge is 0.477 e. The van der Waals surface area contributed by atoms with E-state index in [-0.39, 0.29) is 22.3 Å². The summed E-state index contributed by atoms with van der Waals surface area (Å²) in [5, 5.41) is 19.4. The van der Waals surface area contributed by atoms with Gasteiger partial charge in [-0.25, -0.2) is 14.2 Å². The Morgan fingerprint density at radius 1 is 1.35 bits per heavy atom. The minimum absolute atomic E-state index is 0.0278. The van der Waals surface area contributed by atoms with E-state index in [4.69, 9.17) is 5.11 Å². The summed E-state index contributed by atoms with van der Waals surface area (Å²) in [7, 11) is 0. The number of nitro groups is 1. The van der Waals surface area contributed by atoms with Gasteiger partial charge in [0, 0.05) is 6.07 Å². The molecule has 1 aromatic carbocycles. The van der Waals surface area contributed by atoms with Crippen molar-refractivity contribution >= 4 is 22.6 Å². The molecule has 2 rings (SSSR count). The van der Waals surface area contributed by atoms with Gasteiger partial charge in [-0.1, -0.05) is 0 Å². The average molecular weight is 236 g/mol. The van der Waals surface area contributed by atoms with Gasteiger partial charge >= 0.3 is 5.97 Å². The van der Waals surface area contributed by atoms with Crippen LogP contribution in [0.3, 0.4) is 0 Å². The molecule has 0 saturated heterocycles. The molecular formula is C10H5FN2O4. The second kappa shape index (κ2) is 3.78. The van der Waals surface area contributed by atoms with Crippen LogP contribution in [0.15, 0.2) is 24.3 Å². The summed E-state index contributed by atoms with van der Waals surface area (Å²) in [5.74, 6) is -2.12. The third-order valence-corrected chi connectivity index (χ3v) is 2.20. The fourth-order valence-corrected chi connectivity index (χ4v) is 1.45. The van der Waals surface area contributed by atoms with E-state index in [1.165, 1.54) is 6.07 Å². The summed E-state index contributed by atoms with van der Waals surface area (Å²) in [5.41, 5.74) is -0.998. The smallest absolute Gasteiger partial charge is 0.354 e. The highest BCUT2D eigenvalue weighted by Crippen LogP contribution is 2.26. The van der Waals surface area contributed by atoms with Crippen molar-refractivity contribution in [1.82, 2.24) is 4.98 Å². The van der Waals surface area contributed by atoms with Crippen LogP contribution < -0.4 is 0 Å². The fraction of sp³-hybridized carbons (Fsp3) is 0. The molecule has 86 valence electrons. The highest BCUT2D eigenvalue weighted by molar-refractivity contribution is 5.93. The number of nitrogens with zero attached hydrogens (tertiary/aromatic N) is 2. The van der Waals surface area contributed by atoms with Crippen LogP contribution in [0.2, 0.25) is 0 Å². The molecule has 1 aromatic heterocycles. The first-order valence-electron chi connectivity index (χ1n) is 4.47. The third kappa shape index (κ3) is 1.78. The number of nitro benzene ring substituents is 1. The van der Waals surface area contributed by atoms with Gasteiger partial charge in [-0.2, -0.15) is 0 Å². The van der Waals surface area contributed by atoms with Crippen LogP contribution in [-0.4, -0.2) is 21.0 Å². The Balaban J connectivity index is 2.82. The van der Waals surface area contributed by atoms with Gasteiger partial charge in [-0.15, -0.1) is 0 Å². The number of hydrogen-bond acceptors (Lipinski definition) is 4. The van der Waals surface area contributed by atoms with Crippen LogP contribution in [-0.2, 0) is 0 Å². The van der Waals surface area contributed by atoms with E-state index < -0.39 is 16.7 Å². The fourth-order valence-electron chi connectivity index (χ4n) is 1.45. The molecule has 0 fully saturated rings. The molecule has 0 radical (unpaired) electrons. The predicted molar refractivity (Wildman–Crippen MR) is 55.3 cm³/mol. The molecule has 1 heterocycles. The SMILES string of the molecule is O=C(O)c1ccc2c([N+](=O)[O-])ccc(F)c2n1. The molecule has 0 aliphatic carbocycles. The molecular weight excluding hydrogens is 231 g/mol. The standard InChI is InChI=1S/C10H5FN2O4/c11-6-2-4-8(13(16)17)5-1-3-7(10(14)15)12-9(5)6/h1-4H,(H,14,15). The molecule has 1 N–H and O–H groups in total. The molecule has 0 atom stereocenters. The number of benzene rings is 1. The van der Waals surface area contributed by atoms with Crippen molar-refractivity contribution in [2.45, 2.75) is 0 Å². The number of carboxylic acid groups (broad SMARTS) is 1. The van der Waals surface area contributed by atoms with E-state index >= 15 is 0 Å². The Kier molecular flexibility index (Phi) is 2.43. The zero-order valence-electron chi connectivity index (χ0n) is 8.25. The maximum absolute atomic E-state index is 13.4. The van der Waals surface area contributed by atoms with Gasteiger partial charge in [0.25, 0.3) is 5.69 Å². The van der Waals surface area contributed by atoms with Crippen LogP contribution in [0.25, 0.3) is 10.9 Å². The van der Waals surface area contributed by atoms with Crippen molar-refractivity contribution < 1.29 is 19.2 Å². The highest BCUT2D eigenvalue weighted by atomic mass is 19.1. The van der Waals surface area contributed by atoms with Crippen LogP contribution in [0.1, 0.15) is 10.5 Å². The Labute approximate surface area is 93.5 Å². The van der Waals surface area contributed by atoms with Gasteiger partial charge < -0.3 is 5.11 Å². The molecule has 0 unspecified atom stereocenters. The molecule has 0 amide bonds. The highest BCUT2D eigenvalue weighted by Gasteiger charge is 2.17. The van der Waals surface area contributed by atoms with Crippen LogP contribution in [0.5, 0.6) is 0 Å². The molecule has 7 heteroatoms. The van der Waals surface area contributed by atoms with Gasteiger partial charge in [0.2, 0.25) is 0 Å². The Morgan fingerprint density at radius 3 is 2.65 bits per heavy atom. The minimum Gasteiger partial charge on any atom is -0.477 e. The molecule has 0 aliphatic rings. The lowest BCUT2D eigenvalue weighted by Gasteiger charge is -2.01. The minimum atomic E-state index is -1.32. The van der Waals surface area contributed by atoms with E-state index in [2.05, 4.69) is 4.98 Å². The second-order valence-electron chi connectivity index (χ2n) is 3.22. The topological polar surface area (TPSA) is 93.3 Å². The number of rotatable bonds is 2. The van der Waals surface area contributed by atoms with Gasteiger partial charge in [0.15, 0.2) is 0 Å². The van der Waals surface area contributed by atoms with E-state index in [0.29, 0.717) is 0 Å². The number of carbonyl (C=O) groups is 1. The monoisotopic (exact) mass is 236 g/mol. The first kappa shape index (κ1) is 10.9. The predicted octanol–water partition coefficient (Wildman–Crippen LogP) is 1.98. The van der Waals surface area contributed by atoms with E-state index in [1.807, 2.05) is 0 Å². The second-order valence-corrected chi connectivity index (χ2v) is 3.22. The number of hydrogen-bond donors (Lipinski definition) is 1.